The number of carbonyl (C=O) groups excluding carboxylic acids is 3. The van der Waals surface area contributed by atoms with Gasteiger partial charge in [-0.1, -0.05) is 54.1 Å². The Morgan fingerprint density at radius 2 is 1.59 bits per heavy atom. The number of hydrogen-bond donors (Lipinski definition) is 2. The molecule has 0 bridgehead atoms. The molecule has 1 aliphatic rings. The summed E-state index contributed by atoms with van der Waals surface area (Å²) in [6.45, 7) is 3.56. The summed E-state index contributed by atoms with van der Waals surface area (Å²) in [6, 6.07) is 21.7. The molecule has 0 unspecified atom stereocenters. The fourth-order valence-electron chi connectivity index (χ4n) is 3.79. The van der Waals surface area contributed by atoms with Crippen molar-refractivity contribution in [3.8, 4) is 5.75 Å². The lowest BCUT2D eigenvalue weighted by Gasteiger charge is -2.16. The largest absolute Gasteiger partial charge is 0.495 e. The standard InChI is InChI=1S/C27H25N3O4/c1-17-8-10-19(11-9-17)16-30-26(32)24(20-12-14-21(15-13-20)28-18(2)31)25(27(30)33)29-22-6-4-5-7-23(22)34-3/h4-15,29H,16H2,1-3H3,(H,28,31). The number of para-hydroxylation sites is 2. The van der Waals surface area contributed by atoms with Crippen molar-refractivity contribution in [3.05, 3.63) is 95.2 Å². The molecule has 0 aliphatic carbocycles. The SMILES string of the molecule is COc1ccccc1NC1=C(c2ccc(NC(C)=O)cc2)C(=O)N(Cc2ccc(C)cc2)C1=O. The molecule has 7 heteroatoms. The van der Waals surface area contributed by atoms with Crippen LogP contribution >= 0.6 is 0 Å². The van der Waals surface area contributed by atoms with E-state index >= 15 is 0 Å². The monoisotopic (exact) mass is 455 g/mol. The third-order valence-electron chi connectivity index (χ3n) is 5.49. The molecule has 0 atom stereocenters. The van der Waals surface area contributed by atoms with Gasteiger partial charge in [0, 0.05) is 12.6 Å². The van der Waals surface area contributed by atoms with Crippen molar-refractivity contribution in [2.45, 2.75) is 20.4 Å². The number of hydrogen-bond acceptors (Lipinski definition) is 5. The van der Waals surface area contributed by atoms with Gasteiger partial charge in [-0.05, 0) is 42.3 Å². The third kappa shape index (κ3) is 4.68. The lowest BCUT2D eigenvalue weighted by atomic mass is 10.0. The molecular formula is C27H25N3O4. The van der Waals surface area contributed by atoms with E-state index in [1.807, 2.05) is 43.3 Å². The Kier molecular flexibility index (Phi) is 6.45. The van der Waals surface area contributed by atoms with Gasteiger partial charge in [0.1, 0.15) is 11.4 Å². The van der Waals surface area contributed by atoms with Gasteiger partial charge >= 0.3 is 0 Å². The highest BCUT2D eigenvalue weighted by Gasteiger charge is 2.39. The summed E-state index contributed by atoms with van der Waals surface area (Å²) < 4.78 is 5.41. The van der Waals surface area contributed by atoms with Crippen LogP contribution in [-0.4, -0.2) is 29.7 Å². The Balaban J connectivity index is 1.74. The van der Waals surface area contributed by atoms with Crippen LogP contribution in [0.4, 0.5) is 11.4 Å². The van der Waals surface area contributed by atoms with Gasteiger partial charge in [0.2, 0.25) is 5.91 Å². The molecule has 1 heterocycles. The predicted molar refractivity (Wildman–Crippen MR) is 131 cm³/mol. The zero-order valence-electron chi connectivity index (χ0n) is 19.2. The van der Waals surface area contributed by atoms with Crippen molar-refractivity contribution in [2.24, 2.45) is 0 Å². The van der Waals surface area contributed by atoms with Crippen molar-refractivity contribution in [3.63, 3.8) is 0 Å². The molecule has 2 N–H and O–H groups in total. The number of methoxy groups -OCH3 is 1. The number of imide groups is 1. The lowest BCUT2D eigenvalue weighted by molar-refractivity contribution is -0.137. The highest BCUT2D eigenvalue weighted by molar-refractivity contribution is 6.36. The Bertz CT molecular complexity index is 1280. The molecule has 1 aliphatic heterocycles. The smallest absolute Gasteiger partial charge is 0.278 e. The van der Waals surface area contributed by atoms with Gasteiger partial charge in [-0.25, -0.2) is 0 Å². The predicted octanol–water partition coefficient (Wildman–Crippen LogP) is 4.35. The first kappa shape index (κ1) is 22.8. The minimum atomic E-state index is -0.419. The molecule has 0 saturated heterocycles. The molecule has 3 aromatic carbocycles. The van der Waals surface area contributed by atoms with E-state index in [1.54, 1.807) is 43.5 Å². The first-order valence-electron chi connectivity index (χ1n) is 10.8. The van der Waals surface area contributed by atoms with Crippen LogP contribution in [0, 0.1) is 6.92 Å². The third-order valence-corrected chi connectivity index (χ3v) is 5.49. The first-order chi connectivity index (χ1) is 16.4. The summed E-state index contributed by atoms with van der Waals surface area (Å²) in [5.74, 6) is -0.456. The zero-order valence-corrected chi connectivity index (χ0v) is 19.2. The van der Waals surface area contributed by atoms with E-state index in [-0.39, 0.29) is 23.7 Å². The van der Waals surface area contributed by atoms with Gasteiger partial charge in [0.25, 0.3) is 11.8 Å². The number of aryl methyl sites for hydroxylation is 1. The maximum absolute atomic E-state index is 13.5. The number of ether oxygens (including phenoxy) is 1. The van der Waals surface area contributed by atoms with Crippen LogP contribution in [-0.2, 0) is 20.9 Å². The molecule has 0 radical (unpaired) electrons. The lowest BCUT2D eigenvalue weighted by Crippen LogP contribution is -2.32. The van der Waals surface area contributed by atoms with E-state index in [1.165, 1.54) is 11.8 Å². The van der Waals surface area contributed by atoms with Crippen molar-refractivity contribution in [1.29, 1.82) is 0 Å². The average molecular weight is 456 g/mol. The number of carbonyl (C=O) groups is 3. The topological polar surface area (TPSA) is 87.7 Å². The maximum atomic E-state index is 13.5. The summed E-state index contributed by atoms with van der Waals surface area (Å²) in [7, 11) is 1.54. The Morgan fingerprint density at radius 1 is 0.912 bits per heavy atom. The molecular weight excluding hydrogens is 430 g/mol. The maximum Gasteiger partial charge on any atom is 0.278 e. The van der Waals surface area contributed by atoms with Crippen LogP contribution in [0.15, 0.2) is 78.5 Å². The van der Waals surface area contributed by atoms with Crippen molar-refractivity contribution in [1.82, 2.24) is 4.90 Å². The molecule has 7 nitrogen and oxygen atoms in total. The Hall–Kier alpha value is -4.39. The van der Waals surface area contributed by atoms with E-state index in [0.717, 1.165) is 11.1 Å². The Morgan fingerprint density at radius 3 is 2.24 bits per heavy atom. The molecule has 34 heavy (non-hydrogen) atoms. The van der Waals surface area contributed by atoms with Gasteiger partial charge in [-0.3, -0.25) is 19.3 Å². The zero-order chi connectivity index (χ0) is 24.2. The number of amides is 3. The van der Waals surface area contributed by atoms with Gasteiger partial charge in [0.05, 0.1) is 24.9 Å². The fourth-order valence-corrected chi connectivity index (χ4v) is 3.79. The highest BCUT2D eigenvalue weighted by atomic mass is 16.5. The summed E-state index contributed by atoms with van der Waals surface area (Å²) in [5, 5.41) is 5.84. The van der Waals surface area contributed by atoms with Gasteiger partial charge < -0.3 is 15.4 Å². The van der Waals surface area contributed by atoms with Gasteiger partial charge in [-0.15, -0.1) is 0 Å². The van der Waals surface area contributed by atoms with Crippen LogP contribution in [0.1, 0.15) is 23.6 Å². The molecule has 172 valence electrons. The quantitative estimate of drug-likeness (QED) is 0.517. The van der Waals surface area contributed by atoms with E-state index in [2.05, 4.69) is 10.6 Å². The van der Waals surface area contributed by atoms with Crippen molar-refractivity contribution < 1.29 is 19.1 Å². The highest BCUT2D eigenvalue weighted by Crippen LogP contribution is 2.34. The van der Waals surface area contributed by atoms with Crippen LogP contribution in [0.25, 0.3) is 5.57 Å². The summed E-state index contributed by atoms with van der Waals surface area (Å²) in [6.07, 6.45) is 0. The fraction of sp³-hybridized carbons (Fsp3) is 0.148. The first-order valence-corrected chi connectivity index (χ1v) is 10.8. The second-order valence-corrected chi connectivity index (χ2v) is 8.02. The van der Waals surface area contributed by atoms with Crippen LogP contribution in [0.3, 0.4) is 0 Å². The minimum Gasteiger partial charge on any atom is -0.495 e. The van der Waals surface area contributed by atoms with E-state index < -0.39 is 11.8 Å². The van der Waals surface area contributed by atoms with E-state index in [0.29, 0.717) is 22.7 Å². The van der Waals surface area contributed by atoms with E-state index in [9.17, 15) is 14.4 Å². The molecule has 4 rings (SSSR count). The molecule has 3 aromatic rings. The number of anilines is 2. The van der Waals surface area contributed by atoms with Crippen molar-refractivity contribution in [2.75, 3.05) is 17.7 Å². The normalized spacial score (nSPS) is 13.3. The minimum absolute atomic E-state index is 0.155. The summed E-state index contributed by atoms with van der Waals surface area (Å²) >= 11 is 0. The molecule has 0 fully saturated rings. The van der Waals surface area contributed by atoms with Crippen LogP contribution in [0.2, 0.25) is 0 Å². The summed E-state index contributed by atoms with van der Waals surface area (Å²) in [4.78, 5) is 39.6. The molecule has 0 spiro atoms. The second kappa shape index (κ2) is 9.62. The summed E-state index contributed by atoms with van der Waals surface area (Å²) in [5.41, 5.74) is 4.13. The number of nitrogens with zero attached hydrogens (tertiary/aromatic N) is 1. The van der Waals surface area contributed by atoms with Crippen molar-refractivity contribution >= 4 is 34.7 Å². The molecule has 0 saturated carbocycles. The number of nitrogens with one attached hydrogen (secondary N) is 2. The molecule has 0 aromatic heterocycles. The number of benzene rings is 3. The van der Waals surface area contributed by atoms with Gasteiger partial charge in [-0.2, -0.15) is 0 Å². The Labute approximate surface area is 198 Å². The van der Waals surface area contributed by atoms with Crippen LogP contribution < -0.4 is 15.4 Å². The molecule has 3 amide bonds. The van der Waals surface area contributed by atoms with Crippen LogP contribution in [0.5, 0.6) is 5.75 Å². The second-order valence-electron chi connectivity index (χ2n) is 8.02. The number of rotatable bonds is 7. The van der Waals surface area contributed by atoms with Gasteiger partial charge in [0.15, 0.2) is 0 Å². The van der Waals surface area contributed by atoms with E-state index in [4.69, 9.17) is 4.74 Å². The average Bonchev–Trinajstić information content (AvgIpc) is 3.05.